The highest BCUT2D eigenvalue weighted by Crippen LogP contribution is 2.59. The Labute approximate surface area is 106 Å². The molecule has 0 saturated heterocycles. The maximum atomic E-state index is 8.85. The molecule has 0 spiro atoms. The summed E-state index contributed by atoms with van der Waals surface area (Å²) in [4.78, 5) is 0. The van der Waals surface area contributed by atoms with Crippen LogP contribution in [0.4, 0.5) is 0 Å². The summed E-state index contributed by atoms with van der Waals surface area (Å²) >= 11 is 0. The predicted octanol–water partition coefficient (Wildman–Crippen LogP) is 1.74. The molecule has 0 aliphatic heterocycles. The predicted molar refractivity (Wildman–Crippen MR) is 63.2 cm³/mol. The maximum absolute atomic E-state index is 8.85. The zero-order chi connectivity index (χ0) is 12.1. The van der Waals surface area contributed by atoms with Crippen molar-refractivity contribution < 1.29 is 0 Å². The molecule has 4 saturated carbocycles. The van der Waals surface area contributed by atoms with Crippen molar-refractivity contribution in [3.63, 3.8) is 0 Å². The van der Waals surface area contributed by atoms with Crippen LogP contribution in [0.5, 0.6) is 0 Å². The average Bonchev–Trinajstić information content (AvgIpc) is 2.76. The molecule has 0 atom stereocenters. The van der Waals surface area contributed by atoms with Gasteiger partial charge in [-0.15, -0.1) is 5.10 Å². The van der Waals surface area contributed by atoms with Crippen LogP contribution in [0, 0.1) is 35.0 Å². The van der Waals surface area contributed by atoms with Gasteiger partial charge in [-0.3, -0.25) is 0 Å². The molecule has 0 aromatic carbocycles. The number of nitrogens with zero attached hydrogens (tertiary/aromatic N) is 5. The Bertz CT molecular complexity index is 472. The molecule has 0 unspecified atom stereocenters. The van der Waals surface area contributed by atoms with Gasteiger partial charge in [-0.05, 0) is 66.2 Å². The monoisotopic (exact) mass is 243 g/mol. The number of rotatable bonds is 2. The fourth-order valence-electron chi connectivity index (χ4n) is 4.98. The van der Waals surface area contributed by atoms with Gasteiger partial charge in [0.1, 0.15) is 6.54 Å². The molecule has 5 nitrogen and oxygen atoms in total. The van der Waals surface area contributed by atoms with Crippen LogP contribution < -0.4 is 0 Å². The van der Waals surface area contributed by atoms with Crippen LogP contribution in [-0.2, 0) is 6.54 Å². The van der Waals surface area contributed by atoms with Gasteiger partial charge in [-0.2, -0.15) is 5.26 Å². The van der Waals surface area contributed by atoms with Crippen molar-refractivity contribution in [3.05, 3.63) is 5.82 Å². The van der Waals surface area contributed by atoms with Gasteiger partial charge in [-0.25, -0.2) is 4.68 Å². The minimum absolute atomic E-state index is 0.283. The Kier molecular flexibility index (Phi) is 2.20. The van der Waals surface area contributed by atoms with E-state index >= 15 is 0 Å². The SMILES string of the molecule is N#CCn1nnnc1C1C2CC3CC(C2)CC1C3. The van der Waals surface area contributed by atoms with Gasteiger partial charge in [0, 0.05) is 5.92 Å². The second-order valence-electron chi connectivity index (χ2n) is 6.31. The van der Waals surface area contributed by atoms with Gasteiger partial charge in [-0.1, -0.05) is 0 Å². The lowest BCUT2D eigenvalue weighted by atomic mass is 9.51. The summed E-state index contributed by atoms with van der Waals surface area (Å²) in [5.41, 5.74) is 0. The van der Waals surface area contributed by atoms with Crippen LogP contribution in [0.25, 0.3) is 0 Å². The smallest absolute Gasteiger partial charge is 0.156 e. The van der Waals surface area contributed by atoms with Gasteiger partial charge >= 0.3 is 0 Å². The molecule has 1 aromatic rings. The standard InChI is InChI=1S/C13H17N5/c14-1-2-18-13(15-16-17-18)12-10-4-8-3-9(6-10)7-11(12)5-8/h8-12H,2-7H2. The molecule has 4 aliphatic carbocycles. The number of hydrogen-bond donors (Lipinski definition) is 0. The quantitative estimate of drug-likeness (QED) is 0.793. The van der Waals surface area contributed by atoms with E-state index in [2.05, 4.69) is 21.6 Å². The van der Waals surface area contributed by atoms with E-state index < -0.39 is 0 Å². The highest BCUT2D eigenvalue weighted by molar-refractivity contribution is 5.10. The average molecular weight is 243 g/mol. The second-order valence-corrected chi connectivity index (χ2v) is 6.31. The van der Waals surface area contributed by atoms with E-state index in [-0.39, 0.29) is 6.54 Å². The number of tetrazole rings is 1. The first kappa shape index (κ1) is 10.5. The lowest BCUT2D eigenvalue weighted by Gasteiger charge is -2.53. The first-order chi connectivity index (χ1) is 8.85. The van der Waals surface area contributed by atoms with Crippen LogP contribution in [0.2, 0.25) is 0 Å². The van der Waals surface area contributed by atoms with E-state index in [1.807, 2.05) is 0 Å². The molecular formula is C13H17N5. The van der Waals surface area contributed by atoms with Crippen LogP contribution in [-0.4, -0.2) is 20.2 Å². The van der Waals surface area contributed by atoms with Crippen LogP contribution in [0.1, 0.15) is 43.8 Å². The summed E-state index contributed by atoms with van der Waals surface area (Å²) in [6.45, 7) is 0.283. The normalized spacial score (nSPS) is 40.9. The number of aromatic nitrogens is 4. The largest absolute Gasteiger partial charge is 0.215 e. The summed E-state index contributed by atoms with van der Waals surface area (Å²) in [5.74, 6) is 4.95. The maximum Gasteiger partial charge on any atom is 0.156 e. The van der Waals surface area contributed by atoms with E-state index in [0.717, 1.165) is 29.5 Å². The molecular weight excluding hydrogens is 226 g/mol. The zero-order valence-electron chi connectivity index (χ0n) is 10.4. The zero-order valence-corrected chi connectivity index (χ0v) is 10.4. The fourth-order valence-corrected chi connectivity index (χ4v) is 4.98. The van der Waals surface area contributed by atoms with Crippen LogP contribution in [0.15, 0.2) is 0 Å². The summed E-state index contributed by atoms with van der Waals surface area (Å²) in [7, 11) is 0. The lowest BCUT2D eigenvalue weighted by molar-refractivity contribution is -0.00698. The Balaban J connectivity index is 1.68. The van der Waals surface area contributed by atoms with E-state index in [0.29, 0.717) is 5.92 Å². The van der Waals surface area contributed by atoms with Gasteiger partial charge < -0.3 is 0 Å². The van der Waals surface area contributed by atoms with E-state index in [1.165, 1.54) is 32.1 Å². The van der Waals surface area contributed by atoms with Crippen LogP contribution >= 0.6 is 0 Å². The lowest BCUT2D eigenvalue weighted by Crippen LogP contribution is -2.44. The van der Waals surface area contributed by atoms with Gasteiger partial charge in [0.2, 0.25) is 0 Å². The third-order valence-electron chi connectivity index (χ3n) is 5.30. The Morgan fingerprint density at radius 3 is 2.39 bits per heavy atom. The third-order valence-corrected chi connectivity index (χ3v) is 5.30. The second kappa shape index (κ2) is 3.78. The molecule has 0 radical (unpaired) electrons. The summed E-state index contributed by atoms with van der Waals surface area (Å²) in [6, 6.07) is 2.15. The minimum Gasteiger partial charge on any atom is -0.215 e. The van der Waals surface area contributed by atoms with Crippen molar-refractivity contribution in [2.24, 2.45) is 23.7 Å². The summed E-state index contributed by atoms with van der Waals surface area (Å²) in [5, 5.41) is 20.8. The third kappa shape index (κ3) is 1.41. The number of nitriles is 1. The molecule has 94 valence electrons. The molecule has 1 heterocycles. The molecule has 4 aliphatic rings. The molecule has 0 amide bonds. The Hall–Kier alpha value is -1.44. The molecule has 1 aromatic heterocycles. The topological polar surface area (TPSA) is 67.4 Å². The molecule has 5 heteroatoms. The van der Waals surface area contributed by atoms with Crippen molar-refractivity contribution >= 4 is 0 Å². The Morgan fingerprint density at radius 2 is 1.78 bits per heavy atom. The first-order valence-corrected chi connectivity index (χ1v) is 6.98. The molecule has 5 rings (SSSR count). The van der Waals surface area contributed by atoms with E-state index in [1.54, 1.807) is 4.68 Å². The molecule has 4 bridgehead atoms. The summed E-state index contributed by atoms with van der Waals surface area (Å²) in [6.07, 6.45) is 6.89. The van der Waals surface area contributed by atoms with Gasteiger partial charge in [0.25, 0.3) is 0 Å². The highest BCUT2D eigenvalue weighted by atomic mass is 15.5. The molecule has 0 N–H and O–H groups in total. The van der Waals surface area contributed by atoms with Crippen molar-refractivity contribution in [1.29, 1.82) is 5.26 Å². The van der Waals surface area contributed by atoms with Gasteiger partial charge in [0.15, 0.2) is 5.82 Å². The van der Waals surface area contributed by atoms with Crippen molar-refractivity contribution in [2.45, 2.75) is 44.6 Å². The molecule has 4 fully saturated rings. The van der Waals surface area contributed by atoms with Crippen molar-refractivity contribution in [3.8, 4) is 6.07 Å². The minimum atomic E-state index is 0.283. The Morgan fingerprint density at radius 1 is 1.11 bits per heavy atom. The molecule has 18 heavy (non-hydrogen) atoms. The highest BCUT2D eigenvalue weighted by Gasteiger charge is 2.50. The number of hydrogen-bond acceptors (Lipinski definition) is 4. The van der Waals surface area contributed by atoms with Crippen molar-refractivity contribution in [1.82, 2.24) is 20.2 Å². The van der Waals surface area contributed by atoms with E-state index in [9.17, 15) is 0 Å². The fraction of sp³-hybridized carbons (Fsp3) is 0.846. The van der Waals surface area contributed by atoms with E-state index in [4.69, 9.17) is 5.26 Å². The van der Waals surface area contributed by atoms with Gasteiger partial charge in [0.05, 0.1) is 6.07 Å². The van der Waals surface area contributed by atoms with Crippen LogP contribution in [0.3, 0.4) is 0 Å². The summed E-state index contributed by atoms with van der Waals surface area (Å²) < 4.78 is 1.72. The van der Waals surface area contributed by atoms with Crippen molar-refractivity contribution in [2.75, 3.05) is 0 Å². The first-order valence-electron chi connectivity index (χ1n) is 6.98.